The summed E-state index contributed by atoms with van der Waals surface area (Å²) in [6, 6.07) is 0. The third-order valence-electron chi connectivity index (χ3n) is 3.91. The van der Waals surface area contributed by atoms with E-state index in [9.17, 15) is 0 Å². The molecule has 0 saturated carbocycles. The molecule has 0 bridgehead atoms. The Kier molecular flexibility index (Phi) is 11.5. The fourth-order valence-corrected chi connectivity index (χ4v) is 14.3. The van der Waals surface area contributed by atoms with Gasteiger partial charge in [0.05, 0.1) is 0 Å². The van der Waals surface area contributed by atoms with Crippen molar-refractivity contribution in [2.45, 2.75) is 95.0 Å². The molecule has 0 radical (unpaired) electrons. The van der Waals surface area contributed by atoms with Gasteiger partial charge in [0.1, 0.15) is 0 Å². The number of hydrogen-bond donors (Lipinski definition) is 0. The predicted octanol–water partition coefficient (Wildman–Crippen LogP) is 7.24. The quantitative estimate of drug-likeness (QED) is 0.343. The summed E-state index contributed by atoms with van der Waals surface area (Å²) < 4.78 is 1.30. The molecule has 0 aliphatic heterocycles. The molecule has 0 N–H and O–H groups in total. The molecule has 0 aromatic carbocycles. The van der Waals surface area contributed by atoms with Crippen molar-refractivity contribution in [1.82, 2.24) is 0 Å². The molecule has 0 nitrogen and oxygen atoms in total. The molecule has 0 aromatic rings. The molecular formula is C15H32Cl2Ge. The number of unbranched alkanes of at least 4 members (excludes halogenated alkanes) is 1. The number of hydrogen-bond acceptors (Lipinski definition) is 0. The molecule has 0 rings (SSSR count). The molecule has 0 amide bonds. The molecule has 0 aliphatic rings. The molecular weight excluding hydrogens is 324 g/mol. The van der Waals surface area contributed by atoms with E-state index in [0.29, 0.717) is 9.50 Å². The summed E-state index contributed by atoms with van der Waals surface area (Å²) in [7, 11) is 14.0. The molecule has 18 heavy (non-hydrogen) atoms. The predicted molar refractivity (Wildman–Crippen MR) is 89.2 cm³/mol. The SMILES string of the molecule is CCCC[CH](CCC)[Ge]([Cl])([Cl])[CH](CCC)CCC. The van der Waals surface area contributed by atoms with Crippen LogP contribution in [0.25, 0.3) is 0 Å². The van der Waals surface area contributed by atoms with Crippen molar-refractivity contribution in [3.05, 3.63) is 0 Å². The summed E-state index contributed by atoms with van der Waals surface area (Å²) >= 11 is -2.68. The molecule has 0 heterocycles. The van der Waals surface area contributed by atoms with Crippen LogP contribution in [-0.4, -0.2) is 11.4 Å². The Morgan fingerprint density at radius 3 is 1.39 bits per heavy atom. The summed E-state index contributed by atoms with van der Waals surface area (Å²) in [6.45, 7) is 9.04. The van der Waals surface area contributed by atoms with Crippen LogP contribution in [0.1, 0.15) is 85.5 Å². The van der Waals surface area contributed by atoms with Gasteiger partial charge in [-0.3, -0.25) is 0 Å². The summed E-state index contributed by atoms with van der Waals surface area (Å²) in [4.78, 5) is 0. The van der Waals surface area contributed by atoms with Gasteiger partial charge in [0.25, 0.3) is 0 Å². The first-order chi connectivity index (χ1) is 8.54. The topological polar surface area (TPSA) is 0 Å². The summed E-state index contributed by atoms with van der Waals surface area (Å²) in [5.41, 5.74) is 0. The van der Waals surface area contributed by atoms with Crippen LogP contribution in [0.3, 0.4) is 0 Å². The molecule has 1 atom stereocenters. The van der Waals surface area contributed by atoms with E-state index in [1.165, 1.54) is 57.8 Å². The average molecular weight is 356 g/mol. The van der Waals surface area contributed by atoms with Gasteiger partial charge in [0, 0.05) is 0 Å². The van der Waals surface area contributed by atoms with Crippen molar-refractivity contribution in [2.75, 3.05) is 0 Å². The van der Waals surface area contributed by atoms with E-state index < -0.39 is 11.4 Å². The fourth-order valence-electron chi connectivity index (χ4n) is 2.89. The van der Waals surface area contributed by atoms with E-state index in [-0.39, 0.29) is 0 Å². The van der Waals surface area contributed by atoms with E-state index in [2.05, 4.69) is 27.7 Å². The number of rotatable bonds is 11. The van der Waals surface area contributed by atoms with Crippen LogP contribution in [-0.2, 0) is 0 Å². The van der Waals surface area contributed by atoms with Gasteiger partial charge >= 0.3 is 126 Å². The van der Waals surface area contributed by atoms with E-state index >= 15 is 0 Å². The van der Waals surface area contributed by atoms with Crippen molar-refractivity contribution in [1.29, 1.82) is 0 Å². The Morgan fingerprint density at radius 1 is 0.667 bits per heavy atom. The second-order valence-corrected chi connectivity index (χ2v) is 19.3. The van der Waals surface area contributed by atoms with Crippen molar-refractivity contribution in [3.8, 4) is 0 Å². The zero-order valence-corrected chi connectivity index (χ0v) is 16.4. The van der Waals surface area contributed by atoms with Gasteiger partial charge in [-0.2, -0.15) is 0 Å². The van der Waals surface area contributed by atoms with Crippen LogP contribution in [0, 0.1) is 0 Å². The van der Waals surface area contributed by atoms with E-state index in [1.54, 1.807) is 0 Å². The van der Waals surface area contributed by atoms with Gasteiger partial charge < -0.3 is 0 Å². The second kappa shape index (κ2) is 10.9. The van der Waals surface area contributed by atoms with Crippen LogP contribution >= 0.6 is 20.0 Å². The summed E-state index contributed by atoms with van der Waals surface area (Å²) in [5.74, 6) is 0. The zero-order valence-electron chi connectivity index (χ0n) is 12.8. The van der Waals surface area contributed by atoms with Gasteiger partial charge in [0.2, 0.25) is 0 Å². The second-order valence-electron chi connectivity index (χ2n) is 5.58. The number of halogens is 2. The summed E-state index contributed by atoms with van der Waals surface area (Å²) in [5, 5.41) is 0. The van der Waals surface area contributed by atoms with Crippen LogP contribution < -0.4 is 0 Å². The van der Waals surface area contributed by atoms with E-state index in [1.807, 2.05) is 0 Å². The molecule has 0 aromatic heterocycles. The molecule has 0 spiro atoms. The van der Waals surface area contributed by atoms with Crippen LogP contribution in [0.2, 0.25) is 9.50 Å². The molecule has 0 aliphatic carbocycles. The first kappa shape index (κ1) is 19.1. The van der Waals surface area contributed by atoms with Crippen LogP contribution in [0.4, 0.5) is 0 Å². The Hall–Kier alpha value is 1.12. The minimum atomic E-state index is -2.68. The third-order valence-corrected chi connectivity index (χ3v) is 17.3. The van der Waals surface area contributed by atoms with Gasteiger partial charge in [0.15, 0.2) is 0 Å². The van der Waals surface area contributed by atoms with Crippen molar-refractivity contribution < 1.29 is 0 Å². The van der Waals surface area contributed by atoms with Crippen LogP contribution in [0.5, 0.6) is 0 Å². The van der Waals surface area contributed by atoms with Crippen LogP contribution in [0.15, 0.2) is 0 Å². The van der Waals surface area contributed by atoms with Crippen molar-refractivity contribution in [3.63, 3.8) is 0 Å². The maximum atomic E-state index is 6.99. The first-order valence-electron chi connectivity index (χ1n) is 7.92. The van der Waals surface area contributed by atoms with Crippen molar-refractivity contribution in [2.24, 2.45) is 0 Å². The molecule has 110 valence electrons. The molecule has 0 fully saturated rings. The Balaban J connectivity index is 4.72. The standard InChI is InChI=1S/C15H32Cl2Ge/c1-5-9-13-15(12-8-4)18(16,17)14(10-6-2)11-7-3/h14-15H,5-13H2,1-4H3. The Labute approximate surface area is 126 Å². The van der Waals surface area contributed by atoms with Gasteiger partial charge in [-0.05, 0) is 0 Å². The Morgan fingerprint density at radius 2 is 1.06 bits per heavy atom. The van der Waals surface area contributed by atoms with Gasteiger partial charge in [-0.1, -0.05) is 0 Å². The molecule has 0 saturated heterocycles. The fraction of sp³-hybridized carbons (Fsp3) is 1.00. The van der Waals surface area contributed by atoms with Crippen molar-refractivity contribution >= 4 is 31.4 Å². The first-order valence-corrected chi connectivity index (χ1v) is 15.9. The molecule has 1 unspecified atom stereocenters. The van der Waals surface area contributed by atoms with Gasteiger partial charge in [-0.25, -0.2) is 0 Å². The normalized spacial score (nSPS) is 14.2. The monoisotopic (exact) mass is 356 g/mol. The maximum absolute atomic E-state index is 6.99. The minimum absolute atomic E-state index is 0.650. The zero-order chi connectivity index (χ0) is 14.0. The average Bonchev–Trinajstić information content (AvgIpc) is 2.34. The van der Waals surface area contributed by atoms with Gasteiger partial charge in [-0.15, -0.1) is 0 Å². The molecule has 3 heteroatoms. The van der Waals surface area contributed by atoms with E-state index in [0.717, 1.165) is 0 Å². The third kappa shape index (κ3) is 6.52. The Bertz CT molecular complexity index is 189. The van der Waals surface area contributed by atoms with E-state index in [4.69, 9.17) is 20.0 Å². The summed E-state index contributed by atoms with van der Waals surface area (Å²) in [6.07, 6.45) is 11.2.